The third-order valence-electron chi connectivity index (χ3n) is 13.4. The lowest BCUT2D eigenvalue weighted by atomic mass is 9.85. The van der Waals surface area contributed by atoms with E-state index < -0.39 is 66.0 Å². The third-order valence-corrected chi connectivity index (χ3v) is 15.5. The highest BCUT2D eigenvalue weighted by Gasteiger charge is 2.50. The molecule has 3 atom stereocenters. The van der Waals surface area contributed by atoms with Crippen molar-refractivity contribution in [3.8, 4) is 23.0 Å². The van der Waals surface area contributed by atoms with Gasteiger partial charge in [-0.05, 0) is 95.6 Å². The standard InChI is InChI=1S/C54H55F2N6O10PS/c1-53(2,3)47(59-49(66)44-31-36-30-37(20-24-43(36)74-44)54(55,56)73(70,71)72)52(69)61-28-11-17-42(61)51(68)60(38-21-18-34(19-22-38)33-12-6-4-7-13-33)29-26-45(63)57-27-9-5-8-14-35-15-10-16-39-40(35)32-62(50(39)67)41-23-25-46(64)58-48(41)65/h4,6-7,10,12-13,15-16,18-22,24,30-31,41-42,47H,5,9,11,17,23,25-29,32H2,1-3H3,(H,57,63)(H,59,66)(H,58,64,65)(H2,70,71,72)/t41?,42-,47?/m0/s1. The van der Waals surface area contributed by atoms with Crippen molar-refractivity contribution in [2.24, 2.45) is 5.41 Å². The smallest absolute Gasteiger partial charge is 0.356 e. The van der Waals surface area contributed by atoms with E-state index >= 15 is 0 Å². The Labute approximate surface area is 430 Å². The predicted molar refractivity (Wildman–Crippen MR) is 274 cm³/mol. The molecule has 2 unspecified atom stereocenters. The van der Waals surface area contributed by atoms with Crippen LogP contribution in [-0.2, 0) is 40.7 Å². The number of amides is 7. The average Bonchev–Trinajstić information content (AvgIpc) is 4.12. The van der Waals surface area contributed by atoms with Crippen LogP contribution in [0, 0.1) is 17.3 Å². The molecule has 2 saturated heterocycles. The Morgan fingerprint density at radius 1 is 0.932 bits per heavy atom. The zero-order valence-electron chi connectivity index (χ0n) is 40.9. The topological polar surface area (TPSA) is 223 Å². The number of nitrogens with one attached hydrogen (secondary N) is 3. The number of carbonyl (C=O) groups is 7. The van der Waals surface area contributed by atoms with Crippen molar-refractivity contribution >= 4 is 76.1 Å². The zero-order valence-corrected chi connectivity index (χ0v) is 42.6. The van der Waals surface area contributed by atoms with E-state index in [0.717, 1.165) is 34.6 Å². The van der Waals surface area contributed by atoms with E-state index in [1.807, 2.05) is 48.5 Å². The van der Waals surface area contributed by atoms with E-state index in [0.29, 0.717) is 59.3 Å². The summed E-state index contributed by atoms with van der Waals surface area (Å²) in [6.07, 6.45) is 2.07. The molecule has 4 aromatic carbocycles. The zero-order chi connectivity index (χ0) is 53.1. The number of thiophene rings is 1. The van der Waals surface area contributed by atoms with Crippen LogP contribution in [-0.4, -0.2) is 98.7 Å². The van der Waals surface area contributed by atoms with Gasteiger partial charge in [0, 0.05) is 72.5 Å². The molecule has 2 fully saturated rings. The molecule has 3 aliphatic rings. The maximum atomic E-state index is 14.8. The van der Waals surface area contributed by atoms with E-state index in [1.165, 1.54) is 26.8 Å². The van der Waals surface area contributed by atoms with Crippen molar-refractivity contribution in [2.75, 3.05) is 24.5 Å². The third kappa shape index (κ3) is 11.5. The first-order valence-electron chi connectivity index (χ1n) is 24.2. The second-order valence-corrected chi connectivity index (χ2v) is 22.3. The number of benzene rings is 4. The van der Waals surface area contributed by atoms with Gasteiger partial charge >= 0.3 is 13.3 Å². The molecule has 74 heavy (non-hydrogen) atoms. The molecule has 0 saturated carbocycles. The van der Waals surface area contributed by atoms with Crippen LogP contribution in [0.1, 0.15) is 102 Å². The molecule has 386 valence electrons. The molecule has 16 nitrogen and oxygen atoms in total. The highest BCUT2D eigenvalue weighted by Crippen LogP contribution is 2.59. The first-order valence-corrected chi connectivity index (χ1v) is 26.6. The molecule has 0 spiro atoms. The Morgan fingerprint density at radius 2 is 1.66 bits per heavy atom. The normalized spacial score (nSPS) is 17.3. The molecule has 8 rings (SSSR count). The monoisotopic (exact) mass is 1050 g/mol. The minimum Gasteiger partial charge on any atom is -0.356 e. The number of likely N-dealkylation sites (tertiary alicyclic amines) is 1. The summed E-state index contributed by atoms with van der Waals surface area (Å²) < 4.78 is 41.0. The van der Waals surface area contributed by atoms with Gasteiger partial charge in [0.05, 0.1) is 4.88 Å². The van der Waals surface area contributed by atoms with Gasteiger partial charge < -0.3 is 35.1 Å². The number of halogens is 2. The summed E-state index contributed by atoms with van der Waals surface area (Å²) in [5.74, 6) is 3.20. The number of nitrogens with zero attached hydrogens (tertiary/aromatic N) is 3. The molecule has 20 heteroatoms. The summed E-state index contributed by atoms with van der Waals surface area (Å²) in [5.41, 5.74) is -2.02. The fourth-order valence-corrected chi connectivity index (χ4v) is 10.8. The van der Waals surface area contributed by atoms with Crippen molar-refractivity contribution in [2.45, 2.75) is 96.1 Å². The fraction of sp³-hybridized carbons (Fsp3) is 0.352. The lowest BCUT2D eigenvalue weighted by Gasteiger charge is -2.36. The number of hydrogen-bond acceptors (Lipinski definition) is 9. The van der Waals surface area contributed by atoms with E-state index in [1.54, 1.807) is 45.0 Å². The lowest BCUT2D eigenvalue weighted by Crippen LogP contribution is -2.58. The SMILES string of the molecule is CC(C)(C)C(NC(=O)c1cc2cc(C(F)(F)P(=O)(O)O)ccc2s1)C(=O)N1CCC[C@H]1C(=O)N(CCC(=O)NCCCC#Cc1cccc2c1CN(C1CCC(=O)NC1=O)C2=O)c1ccc(-c2ccccc2)cc1. The molecule has 4 heterocycles. The van der Waals surface area contributed by atoms with Crippen molar-refractivity contribution in [3.63, 3.8) is 0 Å². The molecular weight excluding hydrogens is 994 g/mol. The van der Waals surface area contributed by atoms with Gasteiger partial charge in [-0.2, -0.15) is 8.78 Å². The molecular formula is C54H55F2N6O10PS. The molecule has 0 radical (unpaired) electrons. The van der Waals surface area contributed by atoms with Crippen LogP contribution >= 0.6 is 18.9 Å². The summed E-state index contributed by atoms with van der Waals surface area (Å²) in [6.45, 7) is 5.96. The first-order chi connectivity index (χ1) is 35.1. The van der Waals surface area contributed by atoms with Crippen LogP contribution in [0.2, 0.25) is 0 Å². The average molecular weight is 1050 g/mol. The Kier molecular flexibility index (Phi) is 15.7. The second-order valence-electron chi connectivity index (χ2n) is 19.6. The number of imide groups is 1. The van der Waals surface area contributed by atoms with Crippen LogP contribution in [0.25, 0.3) is 21.2 Å². The Hall–Kier alpha value is -7.10. The number of anilines is 1. The van der Waals surface area contributed by atoms with E-state index in [9.17, 15) is 56.7 Å². The van der Waals surface area contributed by atoms with E-state index in [4.69, 9.17) is 0 Å². The van der Waals surface area contributed by atoms with Crippen LogP contribution in [0.15, 0.2) is 97.1 Å². The number of hydrogen-bond donors (Lipinski definition) is 5. The quantitative estimate of drug-likeness (QED) is 0.0311. The van der Waals surface area contributed by atoms with Crippen LogP contribution in [0.5, 0.6) is 0 Å². The van der Waals surface area contributed by atoms with Gasteiger partial charge in [-0.25, -0.2) is 0 Å². The predicted octanol–water partition coefficient (Wildman–Crippen LogP) is 7.06. The Balaban J connectivity index is 0.922. The number of rotatable bonds is 15. The summed E-state index contributed by atoms with van der Waals surface area (Å²) in [7, 11) is -5.84. The minimum atomic E-state index is -5.84. The van der Waals surface area contributed by atoms with Crippen molar-refractivity contribution in [1.82, 2.24) is 25.8 Å². The van der Waals surface area contributed by atoms with Gasteiger partial charge in [-0.15, -0.1) is 11.3 Å². The van der Waals surface area contributed by atoms with E-state index in [-0.39, 0.29) is 66.9 Å². The number of piperidine rings is 1. The maximum absolute atomic E-state index is 14.8. The van der Waals surface area contributed by atoms with Gasteiger partial charge in [-0.1, -0.05) is 87.2 Å². The molecule has 0 bridgehead atoms. The van der Waals surface area contributed by atoms with Gasteiger partial charge in [0.25, 0.3) is 11.8 Å². The summed E-state index contributed by atoms with van der Waals surface area (Å²) in [5, 5.41) is 8.19. The largest absolute Gasteiger partial charge is 0.399 e. The second kappa shape index (κ2) is 21.8. The summed E-state index contributed by atoms with van der Waals surface area (Å²) >= 11 is 0.955. The number of carbonyl (C=O) groups excluding carboxylic acids is 7. The van der Waals surface area contributed by atoms with Gasteiger partial charge in [-0.3, -0.25) is 43.4 Å². The Bertz CT molecular complexity index is 3140. The van der Waals surface area contributed by atoms with Crippen LogP contribution < -0.4 is 20.9 Å². The summed E-state index contributed by atoms with van der Waals surface area (Å²) in [6, 6.07) is 23.8. The van der Waals surface area contributed by atoms with Gasteiger partial charge in [0.15, 0.2) is 0 Å². The first kappa shape index (κ1) is 53.2. The number of alkyl halides is 2. The van der Waals surface area contributed by atoms with Gasteiger partial charge in [0.2, 0.25) is 29.5 Å². The van der Waals surface area contributed by atoms with Crippen LogP contribution in [0.3, 0.4) is 0 Å². The molecule has 0 aliphatic carbocycles. The number of unbranched alkanes of at least 4 members (excludes halogenated alkanes) is 1. The van der Waals surface area contributed by atoms with E-state index in [2.05, 4.69) is 27.8 Å². The fourth-order valence-electron chi connectivity index (χ4n) is 9.39. The maximum Gasteiger partial charge on any atom is 0.399 e. The molecule has 5 N–H and O–H groups in total. The molecule has 7 amide bonds. The molecule has 3 aliphatic heterocycles. The highest BCUT2D eigenvalue weighted by molar-refractivity contribution is 7.52. The van der Waals surface area contributed by atoms with Crippen molar-refractivity contribution in [3.05, 3.63) is 124 Å². The van der Waals surface area contributed by atoms with Crippen LogP contribution in [0.4, 0.5) is 14.5 Å². The summed E-state index contributed by atoms with van der Waals surface area (Å²) in [4.78, 5) is 117. The van der Waals surface area contributed by atoms with Gasteiger partial charge in [0.1, 0.15) is 18.1 Å². The number of fused-ring (bicyclic) bond motifs is 2. The Morgan fingerprint density at radius 3 is 2.36 bits per heavy atom. The molecule has 5 aromatic rings. The minimum absolute atomic E-state index is 0.0193. The van der Waals surface area contributed by atoms with Crippen molar-refractivity contribution < 1.29 is 56.7 Å². The lowest BCUT2D eigenvalue weighted by molar-refractivity contribution is -0.141. The van der Waals surface area contributed by atoms with Crippen molar-refractivity contribution in [1.29, 1.82) is 0 Å². The molecule has 1 aromatic heterocycles. The highest BCUT2D eigenvalue weighted by atomic mass is 32.1.